The van der Waals surface area contributed by atoms with Gasteiger partial charge in [-0.1, -0.05) is 17.3 Å². The summed E-state index contributed by atoms with van der Waals surface area (Å²) in [5, 5.41) is 9.11. The molecule has 0 radical (unpaired) electrons. The fraction of sp³-hybridized carbons (Fsp3) is 0.409. The summed E-state index contributed by atoms with van der Waals surface area (Å²) in [5.74, 6) is 1.99. The number of anilines is 1. The van der Waals surface area contributed by atoms with Gasteiger partial charge in [-0.05, 0) is 68.4 Å². The van der Waals surface area contributed by atoms with Crippen molar-refractivity contribution in [2.75, 3.05) is 25.5 Å². The van der Waals surface area contributed by atoms with E-state index in [0.717, 1.165) is 48.5 Å². The summed E-state index contributed by atoms with van der Waals surface area (Å²) in [6.07, 6.45) is 3.45. The van der Waals surface area contributed by atoms with Gasteiger partial charge < -0.3 is 14.6 Å². The lowest BCUT2D eigenvalue weighted by Crippen LogP contribution is -2.40. The van der Waals surface area contributed by atoms with E-state index in [1.807, 2.05) is 42.6 Å². The lowest BCUT2D eigenvalue weighted by atomic mass is 10.1. The van der Waals surface area contributed by atoms with Crippen molar-refractivity contribution in [2.24, 2.45) is 0 Å². The molecule has 3 heterocycles. The van der Waals surface area contributed by atoms with Gasteiger partial charge in [-0.25, -0.2) is 0 Å². The van der Waals surface area contributed by atoms with Gasteiger partial charge in [0, 0.05) is 6.42 Å². The fourth-order valence-electron chi connectivity index (χ4n) is 3.82. The standard InChI is InChI=1S/C22H26N4O3S/c1-15-9-10-18(28-2)16(14-15)23-22(27)17-6-3-11-26(17)12-4-8-20-24-21(25-29-20)19-7-5-13-30-19/h5,7,9-10,13-14,17H,3-4,6,8,11-12H2,1-2H3,(H,23,27). The Kier molecular flexibility index (Phi) is 6.44. The fourth-order valence-corrected chi connectivity index (χ4v) is 4.47. The first-order chi connectivity index (χ1) is 14.6. The molecule has 4 rings (SSSR count). The molecule has 1 aromatic carbocycles. The van der Waals surface area contributed by atoms with E-state index < -0.39 is 0 Å². The molecule has 0 bridgehead atoms. The first-order valence-corrected chi connectivity index (χ1v) is 11.1. The summed E-state index contributed by atoms with van der Waals surface area (Å²) in [5.41, 5.74) is 1.80. The van der Waals surface area contributed by atoms with E-state index in [4.69, 9.17) is 9.26 Å². The SMILES string of the molecule is COc1ccc(C)cc1NC(=O)C1CCCN1CCCc1nc(-c2cccs2)no1. The molecule has 0 aliphatic carbocycles. The highest BCUT2D eigenvalue weighted by molar-refractivity contribution is 7.13. The van der Waals surface area contributed by atoms with E-state index in [2.05, 4.69) is 20.4 Å². The molecule has 1 saturated heterocycles. The number of likely N-dealkylation sites (tertiary alicyclic amines) is 1. The zero-order chi connectivity index (χ0) is 20.9. The van der Waals surface area contributed by atoms with Crippen LogP contribution in [0.15, 0.2) is 40.2 Å². The molecule has 1 fully saturated rings. The Morgan fingerprint density at radius 3 is 3.10 bits per heavy atom. The maximum Gasteiger partial charge on any atom is 0.241 e. The third kappa shape index (κ3) is 4.71. The van der Waals surface area contributed by atoms with Gasteiger partial charge in [-0.3, -0.25) is 9.69 Å². The second-order valence-corrected chi connectivity index (χ2v) is 8.43. The molecule has 30 heavy (non-hydrogen) atoms. The smallest absolute Gasteiger partial charge is 0.241 e. The second-order valence-electron chi connectivity index (χ2n) is 7.48. The third-order valence-corrected chi connectivity index (χ3v) is 6.19. The van der Waals surface area contributed by atoms with Crippen molar-refractivity contribution >= 4 is 22.9 Å². The molecule has 1 atom stereocenters. The van der Waals surface area contributed by atoms with Crippen LogP contribution in [0.5, 0.6) is 5.75 Å². The molecule has 1 N–H and O–H groups in total. The minimum absolute atomic E-state index is 0.0224. The Morgan fingerprint density at radius 1 is 1.40 bits per heavy atom. The van der Waals surface area contributed by atoms with Crippen LogP contribution in [0.3, 0.4) is 0 Å². The number of ether oxygens (including phenoxy) is 1. The van der Waals surface area contributed by atoms with Crippen LogP contribution in [-0.4, -0.2) is 47.2 Å². The Balaban J connectivity index is 1.31. The zero-order valence-electron chi connectivity index (χ0n) is 17.3. The number of amides is 1. The number of carbonyl (C=O) groups is 1. The predicted molar refractivity (Wildman–Crippen MR) is 117 cm³/mol. The molecule has 0 saturated carbocycles. The molecule has 1 amide bonds. The van der Waals surface area contributed by atoms with Crippen LogP contribution in [0.1, 0.15) is 30.7 Å². The Labute approximate surface area is 180 Å². The number of aromatic nitrogens is 2. The number of carbonyl (C=O) groups excluding carboxylic acids is 1. The summed E-state index contributed by atoms with van der Waals surface area (Å²) in [6.45, 7) is 3.74. The average molecular weight is 427 g/mol. The van der Waals surface area contributed by atoms with E-state index in [9.17, 15) is 4.79 Å². The molecule has 3 aromatic rings. The van der Waals surface area contributed by atoms with E-state index in [1.165, 1.54) is 0 Å². The number of hydrogen-bond acceptors (Lipinski definition) is 7. The molecule has 0 spiro atoms. The van der Waals surface area contributed by atoms with Crippen LogP contribution in [-0.2, 0) is 11.2 Å². The van der Waals surface area contributed by atoms with Crippen molar-refractivity contribution in [3.05, 3.63) is 47.2 Å². The van der Waals surface area contributed by atoms with Gasteiger partial charge in [-0.15, -0.1) is 11.3 Å². The van der Waals surface area contributed by atoms with Gasteiger partial charge in [-0.2, -0.15) is 4.98 Å². The van der Waals surface area contributed by atoms with E-state index in [0.29, 0.717) is 23.9 Å². The Morgan fingerprint density at radius 2 is 2.30 bits per heavy atom. The first kappa shape index (κ1) is 20.6. The minimum Gasteiger partial charge on any atom is -0.495 e. The number of methoxy groups -OCH3 is 1. The van der Waals surface area contributed by atoms with Gasteiger partial charge in [0.05, 0.1) is 23.7 Å². The number of rotatable bonds is 8. The predicted octanol–water partition coefficient (Wildman–Crippen LogP) is 4.15. The molecule has 158 valence electrons. The van der Waals surface area contributed by atoms with Gasteiger partial charge in [0.2, 0.25) is 17.6 Å². The van der Waals surface area contributed by atoms with Gasteiger partial charge in [0.15, 0.2) is 0 Å². The van der Waals surface area contributed by atoms with Gasteiger partial charge in [0.25, 0.3) is 0 Å². The zero-order valence-corrected chi connectivity index (χ0v) is 18.1. The molecule has 1 aliphatic heterocycles. The van der Waals surface area contributed by atoms with Crippen molar-refractivity contribution in [2.45, 2.75) is 38.6 Å². The summed E-state index contributed by atoms with van der Waals surface area (Å²) in [4.78, 5) is 20.7. The van der Waals surface area contributed by atoms with Crippen molar-refractivity contribution < 1.29 is 14.1 Å². The summed E-state index contributed by atoms with van der Waals surface area (Å²) in [7, 11) is 1.61. The number of hydrogen-bond donors (Lipinski definition) is 1. The van der Waals surface area contributed by atoms with Crippen LogP contribution in [0.2, 0.25) is 0 Å². The van der Waals surface area contributed by atoms with Gasteiger partial charge in [0.1, 0.15) is 5.75 Å². The normalized spacial score (nSPS) is 16.7. The molecular weight excluding hydrogens is 400 g/mol. The van der Waals surface area contributed by atoms with Crippen molar-refractivity contribution in [1.82, 2.24) is 15.0 Å². The van der Waals surface area contributed by atoms with Crippen LogP contribution in [0, 0.1) is 6.92 Å². The lowest BCUT2D eigenvalue weighted by Gasteiger charge is -2.23. The van der Waals surface area contributed by atoms with Crippen molar-refractivity contribution in [3.8, 4) is 16.5 Å². The van der Waals surface area contributed by atoms with E-state index in [-0.39, 0.29) is 11.9 Å². The maximum atomic E-state index is 12.9. The summed E-state index contributed by atoms with van der Waals surface area (Å²) in [6, 6.07) is 9.62. The van der Waals surface area contributed by atoms with E-state index >= 15 is 0 Å². The van der Waals surface area contributed by atoms with Crippen LogP contribution < -0.4 is 10.1 Å². The monoisotopic (exact) mass is 426 g/mol. The number of nitrogens with zero attached hydrogens (tertiary/aromatic N) is 3. The third-order valence-electron chi connectivity index (χ3n) is 5.32. The van der Waals surface area contributed by atoms with E-state index in [1.54, 1.807) is 18.4 Å². The number of thiophene rings is 1. The Hall–Kier alpha value is -2.71. The number of nitrogens with one attached hydrogen (secondary N) is 1. The lowest BCUT2D eigenvalue weighted by molar-refractivity contribution is -0.120. The molecular formula is C22H26N4O3S. The topological polar surface area (TPSA) is 80.5 Å². The molecule has 7 nitrogen and oxygen atoms in total. The molecule has 1 unspecified atom stereocenters. The molecule has 2 aromatic heterocycles. The summed E-state index contributed by atoms with van der Waals surface area (Å²) < 4.78 is 10.8. The van der Waals surface area contributed by atoms with Crippen molar-refractivity contribution in [1.29, 1.82) is 0 Å². The van der Waals surface area contributed by atoms with Crippen molar-refractivity contribution in [3.63, 3.8) is 0 Å². The highest BCUT2D eigenvalue weighted by atomic mass is 32.1. The number of aryl methyl sites for hydroxylation is 2. The van der Waals surface area contributed by atoms with Crippen LogP contribution in [0.4, 0.5) is 5.69 Å². The quantitative estimate of drug-likeness (QED) is 0.583. The highest BCUT2D eigenvalue weighted by Crippen LogP contribution is 2.27. The largest absolute Gasteiger partial charge is 0.495 e. The minimum atomic E-state index is -0.125. The van der Waals surface area contributed by atoms with Crippen LogP contribution >= 0.6 is 11.3 Å². The summed E-state index contributed by atoms with van der Waals surface area (Å²) >= 11 is 1.59. The van der Waals surface area contributed by atoms with Gasteiger partial charge >= 0.3 is 0 Å². The highest BCUT2D eigenvalue weighted by Gasteiger charge is 2.30. The maximum absolute atomic E-state index is 12.9. The molecule has 1 aliphatic rings. The second kappa shape index (κ2) is 9.40. The Bertz CT molecular complexity index is 986. The van der Waals surface area contributed by atoms with Crippen LogP contribution in [0.25, 0.3) is 10.7 Å². The average Bonchev–Trinajstić information content (AvgIpc) is 3.49. The first-order valence-electron chi connectivity index (χ1n) is 10.2. The number of benzene rings is 1. The molecule has 8 heteroatoms.